The first-order chi connectivity index (χ1) is 14.1. The van der Waals surface area contributed by atoms with Gasteiger partial charge in [-0.15, -0.1) is 0 Å². The molecule has 0 bridgehead atoms. The minimum atomic E-state index is -0.950. The predicted molar refractivity (Wildman–Crippen MR) is 111 cm³/mol. The van der Waals surface area contributed by atoms with Gasteiger partial charge in [0.05, 0.1) is 6.04 Å². The lowest BCUT2D eigenvalue weighted by Gasteiger charge is -2.48. The van der Waals surface area contributed by atoms with E-state index < -0.39 is 5.60 Å². The summed E-state index contributed by atoms with van der Waals surface area (Å²) < 4.78 is 13.9. The quantitative estimate of drug-likeness (QED) is 0.843. The van der Waals surface area contributed by atoms with E-state index in [1.807, 2.05) is 35.2 Å². The molecular formula is C24H29FN2O2. The van der Waals surface area contributed by atoms with Crippen molar-refractivity contribution in [2.45, 2.75) is 43.7 Å². The van der Waals surface area contributed by atoms with Gasteiger partial charge in [0.25, 0.3) is 0 Å². The second kappa shape index (κ2) is 8.64. The highest BCUT2D eigenvalue weighted by atomic mass is 19.1. The van der Waals surface area contributed by atoms with Crippen molar-refractivity contribution in [3.63, 3.8) is 0 Å². The molecule has 2 saturated heterocycles. The van der Waals surface area contributed by atoms with E-state index in [1.165, 1.54) is 6.07 Å². The normalized spacial score (nSPS) is 25.3. The van der Waals surface area contributed by atoms with Crippen LogP contribution in [0.1, 0.15) is 36.8 Å². The van der Waals surface area contributed by atoms with E-state index in [0.717, 1.165) is 31.5 Å². The second-order valence-corrected chi connectivity index (χ2v) is 8.23. The van der Waals surface area contributed by atoms with Crippen molar-refractivity contribution < 1.29 is 14.3 Å². The topological polar surface area (TPSA) is 43.8 Å². The fraction of sp³-hybridized carbons (Fsp3) is 0.458. The third-order valence-electron chi connectivity index (χ3n) is 6.48. The minimum Gasteiger partial charge on any atom is -0.383 e. The molecule has 4 nitrogen and oxygen atoms in total. The highest BCUT2D eigenvalue weighted by Crippen LogP contribution is 2.37. The Kier molecular flexibility index (Phi) is 5.97. The van der Waals surface area contributed by atoms with Crippen molar-refractivity contribution in [3.05, 3.63) is 71.5 Å². The van der Waals surface area contributed by atoms with Gasteiger partial charge in [0.2, 0.25) is 5.91 Å². The highest BCUT2D eigenvalue weighted by molar-refractivity contribution is 5.76. The fourth-order valence-corrected chi connectivity index (χ4v) is 4.78. The van der Waals surface area contributed by atoms with Gasteiger partial charge in [-0.25, -0.2) is 4.39 Å². The van der Waals surface area contributed by atoms with E-state index in [1.54, 1.807) is 18.2 Å². The number of hydrogen-bond donors (Lipinski definition) is 1. The Bertz CT molecular complexity index is 838. The number of aryl methyl sites for hydroxylation is 1. The molecule has 0 radical (unpaired) electrons. The Morgan fingerprint density at radius 3 is 2.45 bits per heavy atom. The summed E-state index contributed by atoms with van der Waals surface area (Å²) in [4.78, 5) is 17.1. The lowest BCUT2D eigenvalue weighted by Crippen LogP contribution is -2.61. The number of hydrogen-bond acceptors (Lipinski definition) is 3. The van der Waals surface area contributed by atoms with Crippen LogP contribution in [0.25, 0.3) is 0 Å². The van der Waals surface area contributed by atoms with Gasteiger partial charge in [-0.05, 0) is 56.0 Å². The summed E-state index contributed by atoms with van der Waals surface area (Å²) in [6, 6.07) is 16.4. The predicted octanol–water partition coefficient (Wildman–Crippen LogP) is 3.34. The van der Waals surface area contributed by atoms with E-state index in [-0.39, 0.29) is 24.2 Å². The molecule has 154 valence electrons. The first kappa shape index (κ1) is 20.0. The lowest BCUT2D eigenvalue weighted by atomic mass is 9.79. The Hall–Kier alpha value is -2.24. The maximum Gasteiger partial charge on any atom is 0.222 e. The molecule has 5 heteroatoms. The first-order valence-electron chi connectivity index (χ1n) is 10.6. The average molecular weight is 397 g/mol. The molecule has 2 aromatic carbocycles. The standard InChI is InChI=1S/C24H29FN2O2/c25-21-11-5-4-8-19(21)12-13-23(28)27-17-14-24(29,20-9-2-1-3-10-20)22(18-27)26-15-6-7-16-26/h1-5,8-11,22,29H,6-7,12-18H2/t22-,24+/m1/s1. The zero-order chi connectivity index (χ0) is 20.3. The maximum absolute atomic E-state index is 13.9. The van der Waals surface area contributed by atoms with Crippen LogP contribution >= 0.6 is 0 Å². The van der Waals surface area contributed by atoms with Gasteiger partial charge in [0.15, 0.2) is 0 Å². The van der Waals surface area contributed by atoms with Crippen LogP contribution in [0, 0.1) is 5.82 Å². The number of carbonyl (C=O) groups excluding carboxylic acids is 1. The van der Waals surface area contributed by atoms with Crippen LogP contribution in [0.4, 0.5) is 4.39 Å². The van der Waals surface area contributed by atoms with Crippen molar-refractivity contribution in [1.29, 1.82) is 0 Å². The summed E-state index contributed by atoms with van der Waals surface area (Å²) in [7, 11) is 0. The molecule has 2 atom stereocenters. The van der Waals surface area contributed by atoms with Gasteiger partial charge in [-0.1, -0.05) is 48.5 Å². The molecule has 0 aromatic heterocycles. The van der Waals surface area contributed by atoms with Crippen LogP contribution in [0.5, 0.6) is 0 Å². The van der Waals surface area contributed by atoms with Crippen molar-refractivity contribution >= 4 is 5.91 Å². The van der Waals surface area contributed by atoms with Crippen LogP contribution in [0.3, 0.4) is 0 Å². The van der Waals surface area contributed by atoms with Crippen LogP contribution < -0.4 is 0 Å². The lowest BCUT2D eigenvalue weighted by molar-refractivity contribution is -0.143. The van der Waals surface area contributed by atoms with Gasteiger partial charge in [0, 0.05) is 19.5 Å². The summed E-state index contributed by atoms with van der Waals surface area (Å²) in [5.41, 5.74) is 0.554. The molecular weight excluding hydrogens is 367 g/mol. The summed E-state index contributed by atoms with van der Waals surface area (Å²) in [6.45, 7) is 2.95. The zero-order valence-electron chi connectivity index (χ0n) is 16.8. The number of likely N-dealkylation sites (tertiary alicyclic amines) is 2. The van der Waals surface area contributed by atoms with E-state index in [0.29, 0.717) is 31.5 Å². The number of amides is 1. The number of piperidine rings is 1. The number of aliphatic hydroxyl groups is 1. The Labute approximate surface area is 171 Å². The van der Waals surface area contributed by atoms with Crippen molar-refractivity contribution in [1.82, 2.24) is 9.80 Å². The SMILES string of the molecule is O=C(CCc1ccccc1F)N1CC[C@](O)(c2ccccc2)[C@H](N2CCCC2)C1. The van der Waals surface area contributed by atoms with Crippen LogP contribution in [0.15, 0.2) is 54.6 Å². The molecule has 2 aliphatic heterocycles. The summed E-state index contributed by atoms with van der Waals surface area (Å²) in [6.07, 6.45) is 3.46. The van der Waals surface area contributed by atoms with Gasteiger partial charge >= 0.3 is 0 Å². The van der Waals surface area contributed by atoms with Crippen molar-refractivity contribution in [2.75, 3.05) is 26.2 Å². The minimum absolute atomic E-state index is 0.0348. The summed E-state index contributed by atoms with van der Waals surface area (Å²) in [5.74, 6) is -0.222. The smallest absolute Gasteiger partial charge is 0.222 e. The van der Waals surface area contributed by atoms with Crippen LogP contribution in [0.2, 0.25) is 0 Å². The summed E-state index contributed by atoms with van der Waals surface area (Å²) >= 11 is 0. The van der Waals surface area contributed by atoms with Crippen molar-refractivity contribution in [3.8, 4) is 0 Å². The average Bonchev–Trinajstić information content (AvgIpc) is 3.28. The Balaban J connectivity index is 1.48. The number of nitrogens with zero attached hydrogens (tertiary/aromatic N) is 2. The summed E-state index contributed by atoms with van der Waals surface area (Å²) in [5, 5.41) is 11.7. The zero-order valence-corrected chi connectivity index (χ0v) is 16.8. The number of carbonyl (C=O) groups is 1. The van der Waals surface area contributed by atoms with E-state index in [4.69, 9.17) is 0 Å². The molecule has 0 aliphatic carbocycles. The third kappa shape index (κ3) is 4.21. The first-order valence-corrected chi connectivity index (χ1v) is 10.6. The Morgan fingerprint density at radius 2 is 1.72 bits per heavy atom. The molecule has 0 saturated carbocycles. The molecule has 4 rings (SSSR count). The van der Waals surface area contributed by atoms with E-state index >= 15 is 0 Å². The van der Waals surface area contributed by atoms with E-state index in [2.05, 4.69) is 4.90 Å². The molecule has 2 heterocycles. The fourth-order valence-electron chi connectivity index (χ4n) is 4.78. The monoisotopic (exact) mass is 396 g/mol. The van der Waals surface area contributed by atoms with Gasteiger partial charge in [0.1, 0.15) is 11.4 Å². The van der Waals surface area contributed by atoms with E-state index in [9.17, 15) is 14.3 Å². The number of benzene rings is 2. The van der Waals surface area contributed by atoms with Crippen LogP contribution in [-0.2, 0) is 16.8 Å². The molecule has 0 unspecified atom stereocenters. The molecule has 1 amide bonds. The Morgan fingerprint density at radius 1 is 1.03 bits per heavy atom. The molecule has 2 aromatic rings. The van der Waals surface area contributed by atoms with Crippen LogP contribution in [-0.4, -0.2) is 53.0 Å². The van der Waals surface area contributed by atoms with Gasteiger partial charge in [-0.3, -0.25) is 9.69 Å². The van der Waals surface area contributed by atoms with Crippen molar-refractivity contribution in [2.24, 2.45) is 0 Å². The maximum atomic E-state index is 13.9. The number of halogens is 1. The largest absolute Gasteiger partial charge is 0.383 e. The van der Waals surface area contributed by atoms with Gasteiger partial charge < -0.3 is 10.0 Å². The third-order valence-corrected chi connectivity index (χ3v) is 6.48. The molecule has 0 spiro atoms. The highest BCUT2D eigenvalue weighted by Gasteiger charge is 2.47. The molecule has 2 aliphatic rings. The molecule has 2 fully saturated rings. The second-order valence-electron chi connectivity index (χ2n) is 8.23. The van der Waals surface area contributed by atoms with Gasteiger partial charge in [-0.2, -0.15) is 0 Å². The molecule has 29 heavy (non-hydrogen) atoms. The molecule has 1 N–H and O–H groups in total. The number of rotatable bonds is 5.